The molecule has 0 bridgehead atoms. The van der Waals surface area contributed by atoms with Crippen LogP contribution in [0, 0.1) is 0 Å². The Morgan fingerprint density at radius 1 is 1.25 bits per heavy atom. The van der Waals surface area contributed by atoms with Crippen LogP contribution in [-0.4, -0.2) is 16.1 Å². The van der Waals surface area contributed by atoms with Gasteiger partial charge in [-0.2, -0.15) is 0 Å². The molecule has 0 fully saturated rings. The van der Waals surface area contributed by atoms with Crippen molar-refractivity contribution < 1.29 is 9.90 Å². The average molecular weight is 267 g/mol. The van der Waals surface area contributed by atoms with E-state index < -0.39 is 5.97 Å². The van der Waals surface area contributed by atoms with Crippen LogP contribution in [0.25, 0.3) is 11.3 Å². The Bertz CT molecular complexity index is 618. The highest BCUT2D eigenvalue weighted by Gasteiger charge is 2.01. The molecule has 0 spiro atoms. The van der Waals surface area contributed by atoms with Crippen molar-refractivity contribution in [3.8, 4) is 11.3 Å². The molecule has 0 saturated heterocycles. The summed E-state index contributed by atoms with van der Waals surface area (Å²) in [6.45, 7) is 1.84. The van der Waals surface area contributed by atoms with Crippen LogP contribution in [-0.2, 0) is 11.2 Å². The van der Waals surface area contributed by atoms with Gasteiger partial charge in [-0.3, -0.25) is 4.98 Å². The van der Waals surface area contributed by atoms with Crippen LogP contribution < -0.4 is 0 Å². The number of hydrogen-bond acceptors (Lipinski definition) is 2. The molecule has 0 aliphatic carbocycles. The summed E-state index contributed by atoms with van der Waals surface area (Å²) in [4.78, 5) is 14.9. The molecule has 0 saturated carbocycles. The van der Waals surface area contributed by atoms with E-state index in [1.54, 1.807) is 6.20 Å². The topological polar surface area (TPSA) is 50.2 Å². The maximum Gasteiger partial charge on any atom is 0.328 e. The van der Waals surface area contributed by atoms with Gasteiger partial charge in [-0.05, 0) is 43.5 Å². The van der Waals surface area contributed by atoms with Crippen LogP contribution in [0.5, 0.6) is 0 Å². The summed E-state index contributed by atoms with van der Waals surface area (Å²) >= 11 is 0. The first kappa shape index (κ1) is 14.0. The molecule has 2 rings (SSSR count). The van der Waals surface area contributed by atoms with Crippen LogP contribution >= 0.6 is 0 Å². The van der Waals surface area contributed by atoms with E-state index in [1.165, 1.54) is 11.6 Å². The van der Waals surface area contributed by atoms with Gasteiger partial charge < -0.3 is 5.11 Å². The average Bonchev–Trinajstić information content (AvgIpc) is 2.46. The number of nitrogens with zero attached hydrogens (tertiary/aromatic N) is 1. The van der Waals surface area contributed by atoms with Crippen molar-refractivity contribution >= 4 is 5.97 Å². The molecule has 3 nitrogen and oxygen atoms in total. The van der Waals surface area contributed by atoms with Crippen molar-refractivity contribution in [1.29, 1.82) is 0 Å². The molecule has 0 radical (unpaired) electrons. The Morgan fingerprint density at radius 3 is 2.80 bits per heavy atom. The second-order valence-electron chi connectivity index (χ2n) is 4.74. The summed E-state index contributed by atoms with van der Waals surface area (Å²) in [5.41, 5.74) is 4.10. The normalized spacial score (nSPS) is 11.3. The highest BCUT2D eigenvalue weighted by molar-refractivity contribution is 5.80. The van der Waals surface area contributed by atoms with Crippen molar-refractivity contribution in [3.63, 3.8) is 0 Å². The number of aromatic nitrogens is 1. The summed E-state index contributed by atoms with van der Waals surface area (Å²) in [7, 11) is 0. The van der Waals surface area contributed by atoms with E-state index in [2.05, 4.69) is 17.1 Å². The Balaban J connectivity index is 2.09. The second kappa shape index (κ2) is 6.66. The smallest absolute Gasteiger partial charge is 0.328 e. The lowest BCUT2D eigenvalue weighted by Crippen LogP contribution is -1.93. The Kier molecular flexibility index (Phi) is 4.66. The molecule has 1 aromatic heterocycles. The summed E-state index contributed by atoms with van der Waals surface area (Å²) in [5.74, 6) is -0.885. The number of pyridine rings is 1. The molecule has 20 heavy (non-hydrogen) atoms. The lowest BCUT2D eigenvalue weighted by atomic mass is 10.0. The monoisotopic (exact) mass is 267 g/mol. The molecule has 1 heterocycles. The minimum absolute atomic E-state index is 0.748. The first-order valence-electron chi connectivity index (χ1n) is 6.55. The van der Waals surface area contributed by atoms with Gasteiger partial charge in [0.05, 0.1) is 5.69 Å². The van der Waals surface area contributed by atoms with Gasteiger partial charge in [-0.15, -0.1) is 0 Å². The van der Waals surface area contributed by atoms with Crippen molar-refractivity contribution in [2.24, 2.45) is 0 Å². The molecular formula is C17H17NO2. The van der Waals surface area contributed by atoms with Crippen molar-refractivity contribution in [3.05, 3.63) is 65.9 Å². The zero-order valence-electron chi connectivity index (χ0n) is 11.4. The maximum atomic E-state index is 10.6. The zero-order chi connectivity index (χ0) is 14.4. The lowest BCUT2D eigenvalue weighted by Gasteiger charge is -2.05. The van der Waals surface area contributed by atoms with E-state index in [0.29, 0.717) is 0 Å². The van der Waals surface area contributed by atoms with Gasteiger partial charge in [0.2, 0.25) is 0 Å². The van der Waals surface area contributed by atoms with Crippen LogP contribution in [0.4, 0.5) is 0 Å². The number of hydrogen-bond donors (Lipinski definition) is 1. The van der Waals surface area contributed by atoms with Gasteiger partial charge in [0.1, 0.15) is 0 Å². The van der Waals surface area contributed by atoms with Crippen molar-refractivity contribution in [2.75, 3.05) is 0 Å². The van der Waals surface area contributed by atoms with Gasteiger partial charge >= 0.3 is 5.97 Å². The minimum Gasteiger partial charge on any atom is -0.478 e. The van der Waals surface area contributed by atoms with Crippen molar-refractivity contribution in [1.82, 2.24) is 4.98 Å². The Hall–Kier alpha value is -2.42. The van der Waals surface area contributed by atoms with E-state index in [0.717, 1.165) is 29.7 Å². The first-order chi connectivity index (χ1) is 9.65. The van der Waals surface area contributed by atoms with E-state index in [1.807, 2.05) is 37.3 Å². The predicted octanol–water partition coefficient (Wildman–Crippen LogP) is 3.71. The number of aryl methyl sites for hydroxylation is 1. The van der Waals surface area contributed by atoms with E-state index >= 15 is 0 Å². The molecule has 0 atom stereocenters. The number of allylic oxidation sites excluding steroid dienone is 1. The largest absolute Gasteiger partial charge is 0.478 e. The molecule has 2 aromatic rings. The third-order valence-electron chi connectivity index (χ3n) is 3.07. The molecule has 0 amide bonds. The standard InChI is InChI=1S/C17H17NO2/c1-13(11-17(19)20)8-9-14-5-4-6-15(12-14)16-7-2-3-10-18-16/h2-7,10-12H,8-9H2,1H3,(H,19,20)/b13-11+. The quantitative estimate of drug-likeness (QED) is 0.840. The van der Waals surface area contributed by atoms with Crippen LogP contribution in [0.2, 0.25) is 0 Å². The van der Waals surface area contributed by atoms with E-state index in [4.69, 9.17) is 5.11 Å². The van der Waals surface area contributed by atoms with Gasteiger partial charge in [-0.1, -0.05) is 29.8 Å². The number of carbonyl (C=O) groups is 1. The van der Waals surface area contributed by atoms with Crippen LogP contribution in [0.15, 0.2) is 60.3 Å². The van der Waals surface area contributed by atoms with Crippen LogP contribution in [0.3, 0.4) is 0 Å². The van der Waals surface area contributed by atoms with Gasteiger partial charge in [0.15, 0.2) is 0 Å². The minimum atomic E-state index is -0.885. The Labute approximate surface area is 118 Å². The number of carboxylic acids is 1. The van der Waals surface area contributed by atoms with E-state index in [-0.39, 0.29) is 0 Å². The highest BCUT2D eigenvalue weighted by Crippen LogP contribution is 2.19. The maximum absolute atomic E-state index is 10.6. The SMILES string of the molecule is C/C(=C\C(=O)O)CCc1cccc(-c2ccccn2)c1. The Morgan fingerprint density at radius 2 is 2.10 bits per heavy atom. The fraction of sp³-hybridized carbons (Fsp3) is 0.176. The van der Waals surface area contributed by atoms with Gasteiger partial charge in [0, 0.05) is 17.8 Å². The summed E-state index contributed by atoms with van der Waals surface area (Å²) in [6.07, 6.45) is 4.62. The first-order valence-corrected chi connectivity index (χ1v) is 6.55. The summed E-state index contributed by atoms with van der Waals surface area (Å²) in [5, 5.41) is 8.69. The molecule has 1 aromatic carbocycles. The summed E-state index contributed by atoms with van der Waals surface area (Å²) in [6, 6.07) is 14.1. The molecule has 0 aliphatic heterocycles. The third-order valence-corrected chi connectivity index (χ3v) is 3.07. The number of aliphatic carboxylic acids is 1. The lowest BCUT2D eigenvalue weighted by molar-refractivity contribution is -0.131. The van der Waals surface area contributed by atoms with Gasteiger partial charge in [0.25, 0.3) is 0 Å². The summed E-state index contributed by atoms with van der Waals surface area (Å²) < 4.78 is 0. The molecule has 0 aliphatic rings. The van der Waals surface area contributed by atoms with Crippen molar-refractivity contribution in [2.45, 2.75) is 19.8 Å². The van der Waals surface area contributed by atoms with E-state index in [9.17, 15) is 4.79 Å². The number of carboxylic acid groups (broad SMARTS) is 1. The molecule has 0 unspecified atom stereocenters. The fourth-order valence-electron chi connectivity index (χ4n) is 2.04. The zero-order valence-corrected chi connectivity index (χ0v) is 11.4. The van der Waals surface area contributed by atoms with Gasteiger partial charge in [-0.25, -0.2) is 4.79 Å². The highest BCUT2D eigenvalue weighted by atomic mass is 16.4. The molecule has 102 valence electrons. The number of benzene rings is 1. The number of rotatable bonds is 5. The predicted molar refractivity (Wildman–Crippen MR) is 79.4 cm³/mol. The molecular weight excluding hydrogens is 250 g/mol. The fourth-order valence-corrected chi connectivity index (χ4v) is 2.04. The third kappa shape index (κ3) is 4.05. The molecule has 3 heteroatoms. The second-order valence-corrected chi connectivity index (χ2v) is 4.74. The molecule has 1 N–H and O–H groups in total. The van der Waals surface area contributed by atoms with Crippen LogP contribution in [0.1, 0.15) is 18.9 Å².